The van der Waals surface area contributed by atoms with Crippen molar-refractivity contribution in [2.24, 2.45) is 40.4 Å². The number of hydrogen-bond donors (Lipinski definition) is 1. The average Bonchev–Trinajstić information content (AvgIpc) is 3.15. The lowest BCUT2D eigenvalue weighted by Crippen LogP contribution is -2.52. The van der Waals surface area contributed by atoms with Crippen molar-refractivity contribution in [3.63, 3.8) is 0 Å². The third-order valence-electron chi connectivity index (χ3n) is 12.9. The maximum absolute atomic E-state index is 10.3. The molecule has 0 heterocycles. The summed E-state index contributed by atoms with van der Waals surface area (Å²) in [5.41, 5.74) is 3.79. The van der Waals surface area contributed by atoms with E-state index in [1.54, 1.807) is 5.57 Å². The van der Waals surface area contributed by atoms with E-state index in [1.807, 2.05) is 0 Å². The molecule has 37 heavy (non-hydrogen) atoms. The summed E-state index contributed by atoms with van der Waals surface area (Å²) < 4.78 is 7.02. The number of rotatable bonds is 8. The van der Waals surface area contributed by atoms with Gasteiger partial charge in [0.15, 0.2) is 0 Å². The molecule has 3 fully saturated rings. The number of aliphatic hydroxyl groups is 1. The molecular formula is C34H62O2Si. The molecular weight excluding hydrogens is 468 g/mol. The van der Waals surface area contributed by atoms with Crippen LogP contribution in [0.2, 0.25) is 16.1 Å². The van der Waals surface area contributed by atoms with Gasteiger partial charge in [-0.15, -0.1) is 0 Å². The predicted molar refractivity (Wildman–Crippen MR) is 161 cm³/mol. The molecule has 0 amide bonds. The Morgan fingerprint density at radius 2 is 1.65 bits per heavy atom. The molecule has 0 spiro atoms. The Balaban J connectivity index is 1.39. The Labute approximate surface area is 231 Å². The lowest BCUT2D eigenvalue weighted by atomic mass is 9.47. The standard InChI is InChI=1S/C34H62O2Si/c1-23(2)37(24(3)4,32(6,7)8)36-21-11-12-25(5)29-15-16-30-28-14-13-26-22-27(35)17-19-33(26,9)31(28)18-20-34(29,30)10/h13,23-25,27-31,35H,11-12,14-22H2,1-10H3/t25-,27+,28+,29-,30+,31+,33+,34-/m1/s1. The van der Waals surface area contributed by atoms with Crippen molar-refractivity contribution in [1.29, 1.82) is 0 Å². The van der Waals surface area contributed by atoms with Gasteiger partial charge in [-0.2, -0.15) is 0 Å². The molecule has 0 aromatic rings. The van der Waals surface area contributed by atoms with Gasteiger partial charge in [0.2, 0.25) is 8.32 Å². The second kappa shape index (κ2) is 10.7. The van der Waals surface area contributed by atoms with Crippen LogP contribution in [-0.4, -0.2) is 26.1 Å². The van der Waals surface area contributed by atoms with Crippen LogP contribution in [0.25, 0.3) is 0 Å². The quantitative estimate of drug-likeness (QED) is 0.192. The van der Waals surface area contributed by atoms with E-state index in [0.717, 1.165) is 49.0 Å². The van der Waals surface area contributed by atoms with Gasteiger partial charge < -0.3 is 9.53 Å². The van der Waals surface area contributed by atoms with Gasteiger partial charge in [-0.05, 0) is 121 Å². The zero-order chi connectivity index (χ0) is 27.4. The fourth-order valence-corrected chi connectivity index (χ4v) is 17.8. The van der Waals surface area contributed by atoms with Crippen molar-refractivity contribution in [3.8, 4) is 0 Å². The van der Waals surface area contributed by atoms with Gasteiger partial charge >= 0.3 is 0 Å². The van der Waals surface area contributed by atoms with E-state index in [2.05, 4.69) is 75.3 Å². The third-order valence-corrected chi connectivity index (χ3v) is 19.3. The smallest absolute Gasteiger partial charge is 0.203 e. The first-order valence-corrected chi connectivity index (χ1v) is 18.3. The van der Waals surface area contributed by atoms with E-state index in [-0.39, 0.29) is 11.1 Å². The van der Waals surface area contributed by atoms with Gasteiger partial charge in [0.05, 0.1) is 6.10 Å². The Hall–Kier alpha value is -0.123. The fourth-order valence-electron chi connectivity index (χ4n) is 11.4. The highest BCUT2D eigenvalue weighted by atomic mass is 28.4. The summed E-state index contributed by atoms with van der Waals surface area (Å²) in [5.74, 6) is 4.31. The van der Waals surface area contributed by atoms with E-state index in [4.69, 9.17) is 4.43 Å². The molecule has 0 bridgehead atoms. The first-order valence-electron chi connectivity index (χ1n) is 16.2. The van der Waals surface area contributed by atoms with Gasteiger partial charge in [0, 0.05) is 6.61 Å². The van der Waals surface area contributed by atoms with Gasteiger partial charge in [-0.25, -0.2) is 0 Å². The minimum atomic E-state index is -1.86. The van der Waals surface area contributed by atoms with Crippen molar-refractivity contribution in [2.75, 3.05) is 6.61 Å². The van der Waals surface area contributed by atoms with E-state index < -0.39 is 8.32 Å². The summed E-state index contributed by atoms with van der Waals surface area (Å²) >= 11 is 0. The molecule has 0 aromatic heterocycles. The molecule has 0 saturated heterocycles. The molecule has 2 nitrogen and oxygen atoms in total. The van der Waals surface area contributed by atoms with Crippen LogP contribution in [0.15, 0.2) is 11.6 Å². The SMILES string of the molecule is CC(C)[Si](OCCC[C@@H](C)[C@H]1CC[C@H]2[C@@H]3CC=C4C[C@@H](O)CC[C@]4(C)[C@H]3CC[C@]12C)(C(C)C)C(C)(C)C. The number of allylic oxidation sites excluding steroid dienone is 1. The van der Waals surface area contributed by atoms with E-state index >= 15 is 0 Å². The van der Waals surface area contributed by atoms with Crippen LogP contribution in [0.4, 0.5) is 0 Å². The molecule has 1 N–H and O–H groups in total. The van der Waals surface area contributed by atoms with Crippen molar-refractivity contribution in [1.82, 2.24) is 0 Å². The Bertz CT molecular complexity index is 816. The summed E-state index contributed by atoms with van der Waals surface area (Å²) in [6.07, 6.45) is 15.2. The molecule has 0 radical (unpaired) electrons. The van der Waals surface area contributed by atoms with E-state index in [9.17, 15) is 5.11 Å². The van der Waals surface area contributed by atoms with Gasteiger partial charge in [-0.3, -0.25) is 0 Å². The highest BCUT2D eigenvalue weighted by Gasteiger charge is 2.59. The number of aliphatic hydroxyl groups excluding tert-OH is 1. The maximum Gasteiger partial charge on any atom is 0.203 e. The highest BCUT2D eigenvalue weighted by Crippen LogP contribution is 2.67. The number of hydrogen-bond acceptors (Lipinski definition) is 2. The maximum atomic E-state index is 10.3. The summed E-state index contributed by atoms with van der Waals surface area (Å²) in [4.78, 5) is 0. The zero-order valence-corrected chi connectivity index (χ0v) is 27.3. The monoisotopic (exact) mass is 530 g/mol. The van der Waals surface area contributed by atoms with Gasteiger partial charge in [-0.1, -0.05) is 80.9 Å². The van der Waals surface area contributed by atoms with Crippen molar-refractivity contribution in [2.45, 2.75) is 156 Å². The van der Waals surface area contributed by atoms with E-state index in [0.29, 0.717) is 21.9 Å². The van der Waals surface area contributed by atoms with Crippen LogP contribution in [-0.2, 0) is 4.43 Å². The first kappa shape index (κ1) is 29.8. The highest BCUT2D eigenvalue weighted by molar-refractivity contribution is 6.79. The zero-order valence-electron chi connectivity index (χ0n) is 26.3. The minimum absolute atomic E-state index is 0.0947. The molecule has 4 aliphatic rings. The summed E-state index contributed by atoms with van der Waals surface area (Å²) in [6.45, 7) is 25.7. The third kappa shape index (κ3) is 4.99. The normalized spacial score (nSPS) is 39.3. The molecule has 4 aliphatic carbocycles. The lowest BCUT2D eigenvalue weighted by molar-refractivity contribution is -0.0574. The second-order valence-electron chi connectivity index (χ2n) is 16.2. The Kier molecular flexibility index (Phi) is 8.63. The summed E-state index contributed by atoms with van der Waals surface area (Å²) in [7, 11) is -1.86. The Morgan fingerprint density at radius 3 is 2.27 bits per heavy atom. The molecule has 0 unspecified atom stereocenters. The van der Waals surface area contributed by atoms with Crippen molar-refractivity contribution < 1.29 is 9.53 Å². The van der Waals surface area contributed by atoms with Crippen molar-refractivity contribution in [3.05, 3.63) is 11.6 Å². The number of fused-ring (bicyclic) bond motifs is 5. The molecule has 214 valence electrons. The molecule has 0 aromatic carbocycles. The minimum Gasteiger partial charge on any atom is -0.416 e. The van der Waals surface area contributed by atoms with Crippen LogP contribution in [0.1, 0.15) is 133 Å². The molecule has 4 rings (SSSR count). The Morgan fingerprint density at radius 1 is 0.973 bits per heavy atom. The average molecular weight is 531 g/mol. The molecule has 3 heteroatoms. The largest absolute Gasteiger partial charge is 0.416 e. The summed E-state index contributed by atoms with van der Waals surface area (Å²) in [6, 6.07) is 0. The van der Waals surface area contributed by atoms with Crippen LogP contribution in [0.5, 0.6) is 0 Å². The lowest BCUT2D eigenvalue weighted by Gasteiger charge is -2.58. The molecule has 8 atom stereocenters. The molecule has 3 saturated carbocycles. The van der Waals surface area contributed by atoms with Crippen LogP contribution in [0, 0.1) is 40.4 Å². The topological polar surface area (TPSA) is 29.5 Å². The van der Waals surface area contributed by atoms with Crippen LogP contribution < -0.4 is 0 Å². The van der Waals surface area contributed by atoms with Crippen LogP contribution >= 0.6 is 0 Å². The first-order chi connectivity index (χ1) is 17.2. The van der Waals surface area contributed by atoms with E-state index in [1.165, 1.54) is 51.4 Å². The van der Waals surface area contributed by atoms with Gasteiger partial charge in [0.25, 0.3) is 0 Å². The fraction of sp³-hybridized carbons (Fsp3) is 0.941. The predicted octanol–water partition coefficient (Wildman–Crippen LogP) is 9.92. The summed E-state index contributed by atoms with van der Waals surface area (Å²) in [5, 5.41) is 10.6. The van der Waals surface area contributed by atoms with Gasteiger partial charge in [0.1, 0.15) is 0 Å². The van der Waals surface area contributed by atoms with Crippen molar-refractivity contribution >= 4 is 8.32 Å². The second-order valence-corrected chi connectivity index (χ2v) is 21.9. The molecule has 0 aliphatic heterocycles. The van der Waals surface area contributed by atoms with Crippen LogP contribution in [0.3, 0.4) is 0 Å².